The third-order valence-corrected chi connectivity index (χ3v) is 3.16. The van der Waals surface area contributed by atoms with E-state index in [1.807, 2.05) is 0 Å². The Kier molecular flexibility index (Phi) is 3.44. The highest BCUT2D eigenvalue weighted by atomic mass is 19.4. The van der Waals surface area contributed by atoms with Crippen LogP contribution in [0.15, 0.2) is 54.7 Å². The molecule has 112 valence electrons. The van der Waals surface area contributed by atoms with Crippen molar-refractivity contribution >= 4 is 0 Å². The second-order valence-electron chi connectivity index (χ2n) is 4.72. The molecule has 3 aromatic rings. The number of aromatic amines is 1. The molecule has 1 aromatic heterocycles. The van der Waals surface area contributed by atoms with Crippen LogP contribution in [0, 0.1) is 5.82 Å². The van der Waals surface area contributed by atoms with E-state index in [1.54, 1.807) is 12.1 Å². The van der Waals surface area contributed by atoms with Gasteiger partial charge in [0.25, 0.3) is 0 Å². The maximum Gasteiger partial charge on any atom is 0.416 e. The molecule has 0 unspecified atom stereocenters. The van der Waals surface area contributed by atoms with E-state index in [0.717, 1.165) is 12.1 Å². The molecule has 22 heavy (non-hydrogen) atoms. The minimum absolute atomic E-state index is 0.297. The third kappa shape index (κ3) is 2.86. The van der Waals surface area contributed by atoms with Crippen molar-refractivity contribution in [1.82, 2.24) is 9.97 Å². The summed E-state index contributed by atoms with van der Waals surface area (Å²) in [6.45, 7) is 0. The molecule has 0 saturated carbocycles. The fourth-order valence-electron chi connectivity index (χ4n) is 2.11. The molecule has 0 saturated heterocycles. The van der Waals surface area contributed by atoms with E-state index in [1.165, 1.54) is 30.5 Å². The largest absolute Gasteiger partial charge is 0.416 e. The minimum Gasteiger partial charge on any atom is -0.344 e. The maximum absolute atomic E-state index is 13.2. The van der Waals surface area contributed by atoms with Crippen LogP contribution < -0.4 is 0 Å². The predicted molar refractivity (Wildman–Crippen MR) is 74.4 cm³/mol. The number of halogens is 4. The number of nitrogens with one attached hydrogen (secondary N) is 1. The Bertz CT molecular complexity index is 806. The topological polar surface area (TPSA) is 28.7 Å². The molecule has 1 N–H and O–H groups in total. The van der Waals surface area contributed by atoms with Gasteiger partial charge in [0.1, 0.15) is 11.6 Å². The van der Waals surface area contributed by atoms with Gasteiger partial charge in [-0.1, -0.05) is 24.3 Å². The molecule has 3 rings (SSSR count). The molecule has 1 heterocycles. The van der Waals surface area contributed by atoms with Crippen molar-refractivity contribution in [1.29, 1.82) is 0 Å². The van der Waals surface area contributed by atoms with Gasteiger partial charge in [0.15, 0.2) is 0 Å². The molecule has 0 aliphatic rings. The first-order valence-corrected chi connectivity index (χ1v) is 6.42. The van der Waals surface area contributed by atoms with Crippen molar-refractivity contribution in [2.45, 2.75) is 6.18 Å². The van der Waals surface area contributed by atoms with E-state index in [2.05, 4.69) is 9.97 Å². The van der Waals surface area contributed by atoms with E-state index >= 15 is 0 Å². The first-order chi connectivity index (χ1) is 10.4. The fraction of sp³-hybridized carbons (Fsp3) is 0.0625. The summed E-state index contributed by atoms with van der Waals surface area (Å²) in [7, 11) is 0. The predicted octanol–water partition coefficient (Wildman–Crippen LogP) is 4.90. The van der Waals surface area contributed by atoms with Crippen LogP contribution in [0.5, 0.6) is 0 Å². The van der Waals surface area contributed by atoms with Crippen LogP contribution in [0.3, 0.4) is 0 Å². The number of hydrogen-bond acceptors (Lipinski definition) is 1. The number of hydrogen-bond donors (Lipinski definition) is 1. The summed E-state index contributed by atoms with van der Waals surface area (Å²) in [6, 6.07) is 10.7. The Labute approximate surface area is 123 Å². The lowest BCUT2D eigenvalue weighted by Gasteiger charge is -2.07. The lowest BCUT2D eigenvalue weighted by Crippen LogP contribution is -2.04. The number of H-pyrrole nitrogens is 1. The summed E-state index contributed by atoms with van der Waals surface area (Å²) in [5.74, 6) is -0.105. The number of imidazole rings is 1. The molecule has 2 nitrogen and oxygen atoms in total. The smallest absolute Gasteiger partial charge is 0.344 e. The molecular formula is C16H10F4N2. The van der Waals surface area contributed by atoms with Crippen molar-refractivity contribution in [2.24, 2.45) is 0 Å². The highest BCUT2D eigenvalue weighted by molar-refractivity contribution is 5.64. The summed E-state index contributed by atoms with van der Waals surface area (Å²) in [5.41, 5.74) is 0.590. The van der Waals surface area contributed by atoms with Crippen LogP contribution in [-0.2, 0) is 6.18 Å². The first-order valence-electron chi connectivity index (χ1n) is 6.42. The van der Waals surface area contributed by atoms with Gasteiger partial charge in [0.2, 0.25) is 0 Å². The zero-order valence-electron chi connectivity index (χ0n) is 11.2. The Hall–Kier alpha value is -2.63. The number of nitrogens with zero attached hydrogens (tertiary/aromatic N) is 1. The number of alkyl halides is 3. The van der Waals surface area contributed by atoms with E-state index in [9.17, 15) is 17.6 Å². The average molecular weight is 306 g/mol. The zero-order chi connectivity index (χ0) is 15.7. The third-order valence-electron chi connectivity index (χ3n) is 3.16. The number of rotatable bonds is 2. The van der Waals surface area contributed by atoms with Gasteiger partial charge in [-0.3, -0.25) is 0 Å². The summed E-state index contributed by atoms with van der Waals surface area (Å²) in [5, 5.41) is 0. The lowest BCUT2D eigenvalue weighted by atomic mass is 10.1. The number of benzene rings is 2. The second kappa shape index (κ2) is 5.29. The van der Waals surface area contributed by atoms with Crippen LogP contribution in [-0.4, -0.2) is 9.97 Å². The summed E-state index contributed by atoms with van der Waals surface area (Å²) < 4.78 is 51.4. The molecule has 0 aliphatic heterocycles. The molecule has 0 atom stereocenters. The van der Waals surface area contributed by atoms with Gasteiger partial charge in [0.05, 0.1) is 11.3 Å². The second-order valence-corrected chi connectivity index (χ2v) is 4.72. The Morgan fingerprint density at radius 3 is 2.36 bits per heavy atom. The van der Waals surface area contributed by atoms with E-state index in [-0.39, 0.29) is 0 Å². The Morgan fingerprint density at radius 2 is 1.64 bits per heavy atom. The van der Waals surface area contributed by atoms with Crippen molar-refractivity contribution in [3.8, 4) is 22.6 Å². The van der Waals surface area contributed by atoms with Crippen molar-refractivity contribution < 1.29 is 17.6 Å². The molecule has 2 aromatic carbocycles. The molecule has 0 fully saturated rings. The SMILES string of the molecule is Fc1cccc(-c2c[nH]c(-c3cccc(C(F)(F)F)c3)n2)c1. The van der Waals surface area contributed by atoms with Crippen LogP contribution in [0.25, 0.3) is 22.6 Å². The van der Waals surface area contributed by atoms with Crippen molar-refractivity contribution in [2.75, 3.05) is 0 Å². The van der Waals surface area contributed by atoms with Crippen LogP contribution in [0.1, 0.15) is 5.56 Å². The number of aromatic nitrogens is 2. The van der Waals surface area contributed by atoms with Crippen LogP contribution in [0.2, 0.25) is 0 Å². The Balaban J connectivity index is 1.98. The fourth-order valence-corrected chi connectivity index (χ4v) is 2.11. The molecular weight excluding hydrogens is 296 g/mol. The Morgan fingerprint density at radius 1 is 0.909 bits per heavy atom. The van der Waals surface area contributed by atoms with Gasteiger partial charge < -0.3 is 4.98 Å². The van der Waals surface area contributed by atoms with Crippen molar-refractivity contribution in [3.63, 3.8) is 0 Å². The molecule has 0 radical (unpaired) electrons. The average Bonchev–Trinajstić information content (AvgIpc) is 2.96. The quantitative estimate of drug-likeness (QED) is 0.670. The minimum atomic E-state index is -4.41. The monoisotopic (exact) mass is 306 g/mol. The summed E-state index contributed by atoms with van der Waals surface area (Å²) >= 11 is 0. The van der Waals surface area contributed by atoms with Gasteiger partial charge in [-0.05, 0) is 24.3 Å². The van der Waals surface area contributed by atoms with Crippen LogP contribution >= 0.6 is 0 Å². The van der Waals surface area contributed by atoms with Gasteiger partial charge in [-0.25, -0.2) is 9.37 Å². The molecule has 0 spiro atoms. The molecule has 0 aliphatic carbocycles. The molecule has 0 amide bonds. The molecule has 6 heteroatoms. The normalized spacial score (nSPS) is 11.6. The van der Waals surface area contributed by atoms with E-state index in [4.69, 9.17) is 0 Å². The summed E-state index contributed by atoms with van der Waals surface area (Å²) in [4.78, 5) is 7.04. The standard InChI is InChI=1S/C16H10F4N2/c17-13-6-2-3-10(8-13)14-9-21-15(22-14)11-4-1-5-12(7-11)16(18,19)20/h1-9H,(H,21,22). The van der Waals surface area contributed by atoms with E-state index in [0.29, 0.717) is 22.6 Å². The van der Waals surface area contributed by atoms with Gasteiger partial charge >= 0.3 is 6.18 Å². The lowest BCUT2D eigenvalue weighted by molar-refractivity contribution is -0.137. The maximum atomic E-state index is 13.2. The molecule has 0 bridgehead atoms. The van der Waals surface area contributed by atoms with Gasteiger partial charge in [0, 0.05) is 17.3 Å². The highest BCUT2D eigenvalue weighted by Gasteiger charge is 2.30. The van der Waals surface area contributed by atoms with Gasteiger partial charge in [-0.2, -0.15) is 13.2 Å². The highest BCUT2D eigenvalue weighted by Crippen LogP contribution is 2.32. The van der Waals surface area contributed by atoms with E-state index < -0.39 is 17.6 Å². The van der Waals surface area contributed by atoms with Crippen molar-refractivity contribution in [3.05, 3.63) is 66.1 Å². The first kappa shape index (κ1) is 14.3. The summed E-state index contributed by atoms with van der Waals surface area (Å²) in [6.07, 6.45) is -2.88. The van der Waals surface area contributed by atoms with Gasteiger partial charge in [-0.15, -0.1) is 0 Å². The van der Waals surface area contributed by atoms with Crippen LogP contribution in [0.4, 0.5) is 17.6 Å². The zero-order valence-corrected chi connectivity index (χ0v) is 11.2.